The number of morpholine rings is 1. The van der Waals surface area contributed by atoms with Crippen molar-refractivity contribution in [3.05, 3.63) is 34.4 Å². The molecule has 1 aromatic rings. The molecule has 3 nitrogen and oxygen atoms in total. The first-order valence-corrected chi connectivity index (χ1v) is 7.52. The van der Waals surface area contributed by atoms with Gasteiger partial charge in [0.05, 0.1) is 18.8 Å². The van der Waals surface area contributed by atoms with Gasteiger partial charge < -0.3 is 4.74 Å². The van der Waals surface area contributed by atoms with Crippen LogP contribution in [0.15, 0.2) is 12.1 Å². The van der Waals surface area contributed by atoms with E-state index in [0.717, 1.165) is 37.1 Å². The zero-order valence-corrected chi connectivity index (χ0v) is 12.6. The van der Waals surface area contributed by atoms with E-state index >= 15 is 0 Å². The Morgan fingerprint density at radius 3 is 2.35 bits per heavy atom. The van der Waals surface area contributed by atoms with Crippen LogP contribution in [0.1, 0.15) is 39.9 Å². The van der Waals surface area contributed by atoms with Gasteiger partial charge in [0.15, 0.2) is 5.78 Å². The van der Waals surface area contributed by atoms with E-state index in [0.29, 0.717) is 18.8 Å². The zero-order valence-electron chi connectivity index (χ0n) is 12.6. The Labute approximate surface area is 120 Å². The average molecular weight is 273 g/mol. The number of carbonyl (C=O) groups is 1. The number of rotatable bonds is 3. The largest absolute Gasteiger partial charge is 0.372 e. The molecule has 0 N–H and O–H groups in total. The molecule has 0 spiro atoms. The van der Waals surface area contributed by atoms with Crippen LogP contribution in [0.4, 0.5) is 0 Å². The van der Waals surface area contributed by atoms with Crippen LogP contribution in [-0.2, 0) is 4.74 Å². The summed E-state index contributed by atoms with van der Waals surface area (Å²) in [6.07, 6.45) is 3.00. The third-order valence-electron chi connectivity index (χ3n) is 4.63. The van der Waals surface area contributed by atoms with Crippen LogP contribution >= 0.6 is 0 Å². The molecule has 3 heteroatoms. The molecule has 0 amide bonds. The van der Waals surface area contributed by atoms with Crippen molar-refractivity contribution < 1.29 is 9.53 Å². The highest BCUT2D eigenvalue weighted by atomic mass is 16.5. The van der Waals surface area contributed by atoms with Gasteiger partial charge in [0.25, 0.3) is 0 Å². The Hall–Kier alpha value is -1.19. The highest BCUT2D eigenvalue weighted by Crippen LogP contribution is 2.26. The predicted octanol–water partition coefficient (Wildman–Crippen LogP) is 2.66. The number of hydrogen-bond donors (Lipinski definition) is 0. The second-order valence-electron chi connectivity index (χ2n) is 6.33. The molecule has 2 atom stereocenters. The maximum atomic E-state index is 12.5. The van der Waals surface area contributed by atoms with Gasteiger partial charge in [-0.05, 0) is 56.4 Å². The van der Waals surface area contributed by atoms with Crippen molar-refractivity contribution in [1.82, 2.24) is 4.90 Å². The molecule has 3 rings (SSSR count). The van der Waals surface area contributed by atoms with E-state index in [2.05, 4.69) is 24.8 Å². The minimum absolute atomic E-state index is 0.243. The first-order valence-electron chi connectivity index (χ1n) is 7.52. The minimum atomic E-state index is 0.243. The Balaban J connectivity index is 1.72. The Morgan fingerprint density at radius 1 is 1.10 bits per heavy atom. The normalized spacial score (nSPS) is 25.9. The molecule has 2 fully saturated rings. The number of nitrogens with zero attached hydrogens (tertiary/aromatic N) is 1. The number of hydrogen-bond acceptors (Lipinski definition) is 3. The van der Waals surface area contributed by atoms with Crippen LogP contribution in [0.3, 0.4) is 0 Å². The van der Waals surface area contributed by atoms with Gasteiger partial charge in [-0.2, -0.15) is 0 Å². The van der Waals surface area contributed by atoms with Crippen molar-refractivity contribution in [2.24, 2.45) is 0 Å². The molecule has 2 aliphatic heterocycles. The molecule has 20 heavy (non-hydrogen) atoms. The van der Waals surface area contributed by atoms with E-state index in [4.69, 9.17) is 4.74 Å². The number of likely N-dealkylation sites (tertiary alicyclic amines) is 1. The standard InChI is InChI=1S/C17H23NO2/c1-11-6-13(3)16(7-12(11)2)17(19)10-18-8-14-4-5-15(9-18)20-14/h6-7,14-15H,4-5,8-10H2,1-3H3. The van der Waals surface area contributed by atoms with E-state index < -0.39 is 0 Å². The van der Waals surface area contributed by atoms with Crippen LogP contribution in [0, 0.1) is 20.8 Å². The summed E-state index contributed by atoms with van der Waals surface area (Å²) in [5.74, 6) is 0.243. The molecule has 1 aromatic carbocycles. The van der Waals surface area contributed by atoms with E-state index in [1.807, 2.05) is 13.0 Å². The van der Waals surface area contributed by atoms with Gasteiger partial charge in [0, 0.05) is 18.7 Å². The molecular formula is C17H23NO2. The summed E-state index contributed by atoms with van der Waals surface area (Å²) in [4.78, 5) is 14.8. The average Bonchev–Trinajstić information content (AvgIpc) is 2.73. The van der Waals surface area contributed by atoms with Crippen molar-refractivity contribution in [2.45, 2.75) is 45.8 Å². The van der Waals surface area contributed by atoms with Crippen LogP contribution < -0.4 is 0 Å². The SMILES string of the molecule is Cc1cc(C)c(C(=O)CN2CC3CCC(C2)O3)cc1C. The first kappa shape index (κ1) is 13.8. The summed E-state index contributed by atoms with van der Waals surface area (Å²) in [6.45, 7) is 8.54. The van der Waals surface area contributed by atoms with Crippen molar-refractivity contribution in [3.8, 4) is 0 Å². The topological polar surface area (TPSA) is 29.5 Å². The fourth-order valence-electron chi connectivity index (χ4n) is 3.38. The second-order valence-corrected chi connectivity index (χ2v) is 6.33. The number of carbonyl (C=O) groups excluding carboxylic acids is 1. The maximum absolute atomic E-state index is 12.5. The van der Waals surface area contributed by atoms with E-state index in [9.17, 15) is 4.79 Å². The van der Waals surface area contributed by atoms with Crippen LogP contribution in [0.5, 0.6) is 0 Å². The molecule has 2 aliphatic rings. The molecule has 0 aromatic heterocycles. The predicted molar refractivity (Wildman–Crippen MR) is 79.3 cm³/mol. The maximum Gasteiger partial charge on any atom is 0.177 e. The summed E-state index contributed by atoms with van der Waals surface area (Å²) < 4.78 is 5.82. The van der Waals surface area contributed by atoms with Crippen molar-refractivity contribution >= 4 is 5.78 Å². The number of benzene rings is 1. The number of ether oxygens (including phenoxy) is 1. The second kappa shape index (κ2) is 5.30. The van der Waals surface area contributed by atoms with E-state index in [1.54, 1.807) is 0 Å². The van der Waals surface area contributed by atoms with Crippen LogP contribution in [0.25, 0.3) is 0 Å². The van der Waals surface area contributed by atoms with Crippen molar-refractivity contribution in [1.29, 1.82) is 0 Å². The number of aryl methyl sites for hydroxylation is 3. The Bertz CT molecular complexity index is 526. The van der Waals surface area contributed by atoms with Gasteiger partial charge in [-0.15, -0.1) is 0 Å². The van der Waals surface area contributed by atoms with Gasteiger partial charge in [-0.25, -0.2) is 0 Å². The van der Waals surface area contributed by atoms with Crippen molar-refractivity contribution in [2.75, 3.05) is 19.6 Å². The fourth-order valence-corrected chi connectivity index (χ4v) is 3.38. The Kier molecular flexibility index (Phi) is 3.65. The fraction of sp³-hybridized carbons (Fsp3) is 0.588. The van der Waals surface area contributed by atoms with E-state index in [1.165, 1.54) is 11.1 Å². The van der Waals surface area contributed by atoms with Gasteiger partial charge in [-0.3, -0.25) is 9.69 Å². The summed E-state index contributed by atoms with van der Waals surface area (Å²) in [6, 6.07) is 4.16. The summed E-state index contributed by atoms with van der Waals surface area (Å²) >= 11 is 0. The van der Waals surface area contributed by atoms with Crippen molar-refractivity contribution in [3.63, 3.8) is 0 Å². The van der Waals surface area contributed by atoms with E-state index in [-0.39, 0.29) is 5.78 Å². The molecule has 2 saturated heterocycles. The van der Waals surface area contributed by atoms with Crippen LogP contribution in [0.2, 0.25) is 0 Å². The molecule has 2 unspecified atom stereocenters. The lowest BCUT2D eigenvalue weighted by molar-refractivity contribution is -0.0355. The summed E-state index contributed by atoms with van der Waals surface area (Å²) in [7, 11) is 0. The monoisotopic (exact) mass is 273 g/mol. The number of ketones is 1. The molecule has 2 bridgehead atoms. The van der Waals surface area contributed by atoms with Gasteiger partial charge in [-0.1, -0.05) is 6.07 Å². The number of Topliss-reactive ketones (excluding diaryl/α,β-unsaturated/α-hetero) is 1. The molecule has 0 saturated carbocycles. The van der Waals surface area contributed by atoms with Gasteiger partial charge in [0.2, 0.25) is 0 Å². The van der Waals surface area contributed by atoms with Gasteiger partial charge >= 0.3 is 0 Å². The highest BCUT2D eigenvalue weighted by molar-refractivity contribution is 5.99. The first-order chi connectivity index (χ1) is 9.52. The minimum Gasteiger partial charge on any atom is -0.372 e. The van der Waals surface area contributed by atoms with Crippen LogP contribution in [-0.4, -0.2) is 42.5 Å². The van der Waals surface area contributed by atoms with Gasteiger partial charge in [0.1, 0.15) is 0 Å². The molecule has 0 radical (unpaired) electrons. The molecule has 2 heterocycles. The lowest BCUT2D eigenvalue weighted by Crippen LogP contribution is -2.44. The summed E-state index contributed by atoms with van der Waals surface area (Å²) in [5, 5.41) is 0. The third-order valence-corrected chi connectivity index (χ3v) is 4.63. The highest BCUT2D eigenvalue weighted by Gasteiger charge is 2.34. The quantitative estimate of drug-likeness (QED) is 0.793. The smallest absolute Gasteiger partial charge is 0.177 e. The molecule has 0 aliphatic carbocycles. The Morgan fingerprint density at radius 2 is 1.70 bits per heavy atom. The zero-order chi connectivity index (χ0) is 14.3. The third kappa shape index (κ3) is 2.65. The molecular weight excluding hydrogens is 250 g/mol. The summed E-state index contributed by atoms with van der Waals surface area (Å²) in [5.41, 5.74) is 4.42. The lowest BCUT2D eigenvalue weighted by atomic mass is 9.98. The lowest BCUT2D eigenvalue weighted by Gasteiger charge is -2.31. The number of fused-ring (bicyclic) bond motifs is 2. The molecule has 108 valence electrons.